The zero-order chi connectivity index (χ0) is 13.5. The van der Waals surface area contributed by atoms with E-state index in [0.29, 0.717) is 12.3 Å². The Hall–Kier alpha value is -1.07. The average molecular weight is 270 g/mol. The molecule has 0 aromatic heterocycles. The lowest BCUT2D eigenvalue weighted by Crippen LogP contribution is -2.29. The maximum absolute atomic E-state index is 12.8. The van der Waals surface area contributed by atoms with Crippen molar-refractivity contribution in [1.82, 2.24) is 5.32 Å². The molecule has 0 aliphatic carbocycles. The van der Waals surface area contributed by atoms with E-state index in [1.807, 2.05) is 13.8 Å². The summed E-state index contributed by atoms with van der Waals surface area (Å²) < 4.78 is 12.8. The molecule has 0 fully saturated rings. The first-order valence-electron chi connectivity index (χ1n) is 5.89. The summed E-state index contributed by atoms with van der Waals surface area (Å²) in [6, 6.07) is 6.02. The molecule has 5 heteroatoms. The number of thioether (sulfide) groups is 1. The highest BCUT2D eigenvalue weighted by molar-refractivity contribution is 8.00. The molecule has 1 rings (SSSR count). The Labute approximate surface area is 111 Å². The van der Waals surface area contributed by atoms with Gasteiger partial charge in [0.25, 0.3) is 0 Å². The summed E-state index contributed by atoms with van der Waals surface area (Å²) in [5, 5.41) is 3.15. The minimum absolute atomic E-state index is 0.0304. The van der Waals surface area contributed by atoms with Crippen LogP contribution in [0.15, 0.2) is 24.3 Å². The zero-order valence-corrected chi connectivity index (χ0v) is 11.5. The van der Waals surface area contributed by atoms with Crippen molar-refractivity contribution < 1.29 is 9.18 Å². The molecule has 1 aromatic carbocycles. The maximum atomic E-state index is 12.8. The zero-order valence-electron chi connectivity index (χ0n) is 10.7. The van der Waals surface area contributed by atoms with Gasteiger partial charge in [0.15, 0.2) is 0 Å². The fourth-order valence-corrected chi connectivity index (χ4v) is 2.06. The molecule has 0 saturated heterocycles. The van der Waals surface area contributed by atoms with Crippen molar-refractivity contribution in [3.63, 3.8) is 0 Å². The van der Waals surface area contributed by atoms with E-state index in [2.05, 4.69) is 5.32 Å². The van der Waals surface area contributed by atoms with Gasteiger partial charge < -0.3 is 11.1 Å². The van der Waals surface area contributed by atoms with Crippen molar-refractivity contribution in [3.05, 3.63) is 35.6 Å². The van der Waals surface area contributed by atoms with E-state index in [4.69, 9.17) is 5.73 Å². The first kappa shape index (κ1) is 15.0. The Morgan fingerprint density at radius 2 is 2.00 bits per heavy atom. The molecule has 3 N–H and O–H groups in total. The lowest BCUT2D eigenvalue weighted by Gasteiger charge is -2.15. The molecular weight excluding hydrogens is 251 g/mol. The number of amides is 1. The minimum Gasteiger partial charge on any atom is -0.349 e. The van der Waals surface area contributed by atoms with Crippen LogP contribution in [0.2, 0.25) is 0 Å². The van der Waals surface area contributed by atoms with Crippen LogP contribution in [-0.4, -0.2) is 23.5 Å². The predicted molar refractivity (Wildman–Crippen MR) is 73.9 cm³/mol. The molecule has 18 heavy (non-hydrogen) atoms. The van der Waals surface area contributed by atoms with Gasteiger partial charge in [-0.2, -0.15) is 0 Å². The third-order valence-electron chi connectivity index (χ3n) is 2.58. The molecule has 2 atom stereocenters. The number of hydrogen-bond donors (Lipinski definition) is 2. The third kappa shape index (κ3) is 5.06. The lowest BCUT2D eigenvalue weighted by atomic mass is 10.1. The highest BCUT2D eigenvalue weighted by Gasteiger charge is 2.10. The summed E-state index contributed by atoms with van der Waals surface area (Å²) in [7, 11) is 0. The molecule has 0 aliphatic rings. The fraction of sp³-hybridized carbons (Fsp3) is 0.462. The quantitative estimate of drug-likeness (QED) is 0.832. The van der Waals surface area contributed by atoms with Crippen LogP contribution in [0.1, 0.15) is 25.5 Å². The fourth-order valence-electron chi connectivity index (χ4n) is 1.40. The molecule has 100 valence electrons. The summed E-state index contributed by atoms with van der Waals surface area (Å²) in [6.07, 6.45) is 0. The van der Waals surface area contributed by atoms with E-state index in [0.717, 1.165) is 5.56 Å². The smallest absolute Gasteiger partial charge is 0.230 e. The number of halogens is 1. The second-order valence-electron chi connectivity index (χ2n) is 4.20. The molecule has 1 amide bonds. The van der Waals surface area contributed by atoms with Gasteiger partial charge in [-0.05, 0) is 24.6 Å². The van der Waals surface area contributed by atoms with Gasteiger partial charge in [0.1, 0.15) is 5.82 Å². The van der Waals surface area contributed by atoms with Gasteiger partial charge in [0.05, 0.1) is 11.8 Å². The Bertz CT molecular complexity index is 383. The van der Waals surface area contributed by atoms with Crippen LogP contribution in [0, 0.1) is 5.82 Å². The van der Waals surface area contributed by atoms with Gasteiger partial charge in [-0.3, -0.25) is 4.79 Å². The van der Waals surface area contributed by atoms with Crippen molar-refractivity contribution >= 4 is 17.7 Å². The normalized spacial score (nSPS) is 14.0. The Kier molecular flexibility index (Phi) is 6.15. The third-order valence-corrected chi connectivity index (χ3v) is 3.77. The van der Waals surface area contributed by atoms with Crippen LogP contribution in [0.4, 0.5) is 4.39 Å². The van der Waals surface area contributed by atoms with Crippen LogP contribution in [0.3, 0.4) is 0 Å². The Morgan fingerprint density at radius 3 is 2.56 bits per heavy atom. The van der Waals surface area contributed by atoms with Crippen LogP contribution < -0.4 is 11.1 Å². The van der Waals surface area contributed by atoms with E-state index in [1.165, 1.54) is 23.9 Å². The van der Waals surface area contributed by atoms with Crippen LogP contribution in [0.25, 0.3) is 0 Å². The highest BCUT2D eigenvalue weighted by atomic mass is 32.2. The van der Waals surface area contributed by atoms with Gasteiger partial charge in [-0.1, -0.05) is 19.1 Å². The first-order chi connectivity index (χ1) is 8.52. The van der Waals surface area contributed by atoms with Gasteiger partial charge in [-0.15, -0.1) is 11.8 Å². The molecule has 0 saturated carbocycles. The topological polar surface area (TPSA) is 55.1 Å². The van der Waals surface area contributed by atoms with Crippen molar-refractivity contribution in [2.75, 3.05) is 12.3 Å². The van der Waals surface area contributed by atoms with Gasteiger partial charge in [-0.25, -0.2) is 4.39 Å². The number of carbonyl (C=O) groups is 1. The monoisotopic (exact) mass is 270 g/mol. The van der Waals surface area contributed by atoms with E-state index in [-0.39, 0.29) is 23.0 Å². The second kappa shape index (κ2) is 7.38. The van der Waals surface area contributed by atoms with E-state index < -0.39 is 0 Å². The predicted octanol–water partition coefficient (Wildman–Crippen LogP) is 2.08. The minimum atomic E-state index is -0.274. The Morgan fingerprint density at radius 1 is 1.39 bits per heavy atom. The van der Waals surface area contributed by atoms with Crippen molar-refractivity contribution in [1.29, 1.82) is 0 Å². The van der Waals surface area contributed by atoms with Gasteiger partial charge >= 0.3 is 0 Å². The number of benzene rings is 1. The van der Waals surface area contributed by atoms with Crippen molar-refractivity contribution in [3.8, 4) is 0 Å². The number of rotatable bonds is 6. The molecule has 1 aromatic rings. The van der Waals surface area contributed by atoms with E-state index in [1.54, 1.807) is 12.1 Å². The summed E-state index contributed by atoms with van der Waals surface area (Å²) in [5.74, 6) is 0.0888. The van der Waals surface area contributed by atoms with E-state index >= 15 is 0 Å². The molecule has 0 radical (unpaired) electrons. The molecular formula is C13H19FN2OS. The van der Waals surface area contributed by atoms with Gasteiger partial charge in [0, 0.05) is 11.8 Å². The van der Waals surface area contributed by atoms with Gasteiger partial charge in [0.2, 0.25) is 5.91 Å². The summed E-state index contributed by atoms with van der Waals surface area (Å²) >= 11 is 1.53. The number of nitrogens with two attached hydrogens (primary N) is 1. The average Bonchev–Trinajstić information content (AvgIpc) is 2.36. The highest BCUT2D eigenvalue weighted by Crippen LogP contribution is 2.14. The van der Waals surface area contributed by atoms with Crippen molar-refractivity contribution in [2.24, 2.45) is 5.73 Å². The standard InChI is InChI=1S/C13H19FN2OS/c1-9(7-15)18-8-13(17)16-10(2)11-3-5-12(14)6-4-11/h3-6,9-10H,7-8,15H2,1-2H3,(H,16,17). The number of carbonyl (C=O) groups excluding carboxylic acids is 1. The summed E-state index contributed by atoms with van der Waals surface area (Å²) in [6.45, 7) is 4.43. The van der Waals surface area contributed by atoms with E-state index in [9.17, 15) is 9.18 Å². The van der Waals surface area contributed by atoms with Crippen LogP contribution in [0.5, 0.6) is 0 Å². The molecule has 0 aliphatic heterocycles. The maximum Gasteiger partial charge on any atom is 0.230 e. The molecule has 3 nitrogen and oxygen atoms in total. The Balaban J connectivity index is 2.42. The van der Waals surface area contributed by atoms with Crippen LogP contribution >= 0.6 is 11.8 Å². The number of nitrogens with one attached hydrogen (secondary N) is 1. The first-order valence-corrected chi connectivity index (χ1v) is 6.94. The SMILES string of the molecule is CC(CN)SCC(=O)NC(C)c1ccc(F)cc1. The molecule has 2 unspecified atom stereocenters. The van der Waals surface area contributed by atoms with Crippen molar-refractivity contribution in [2.45, 2.75) is 25.1 Å². The second-order valence-corrected chi connectivity index (χ2v) is 5.62. The lowest BCUT2D eigenvalue weighted by molar-refractivity contribution is -0.119. The van der Waals surface area contributed by atoms with Crippen LogP contribution in [-0.2, 0) is 4.79 Å². The summed E-state index contributed by atoms with van der Waals surface area (Å²) in [5.41, 5.74) is 6.37. The molecule has 0 heterocycles. The molecule has 0 spiro atoms. The number of hydrogen-bond acceptors (Lipinski definition) is 3. The largest absolute Gasteiger partial charge is 0.349 e. The molecule has 0 bridgehead atoms. The summed E-state index contributed by atoms with van der Waals surface area (Å²) in [4.78, 5) is 11.7.